The van der Waals surface area contributed by atoms with Gasteiger partial charge in [0, 0.05) is 0 Å². The number of methoxy groups -OCH3 is 3. The Labute approximate surface area is 372 Å². The van der Waals surface area contributed by atoms with E-state index >= 15 is 0 Å². The van der Waals surface area contributed by atoms with Gasteiger partial charge in [0.2, 0.25) is 0 Å². The molecular weight excluding hydrogens is 1080 g/mol. The predicted octanol–water partition coefficient (Wildman–Crippen LogP) is 11.1. The summed E-state index contributed by atoms with van der Waals surface area (Å²) in [7, 11) is 5.77. The normalized spacial score (nSPS) is 19.3. The summed E-state index contributed by atoms with van der Waals surface area (Å²) in [5.41, 5.74) is 8.81. The second-order valence-corrected chi connectivity index (χ2v) is 77.0. The fourth-order valence-electron chi connectivity index (χ4n) is 6.35. The summed E-state index contributed by atoms with van der Waals surface area (Å²) < 4.78 is 19.6. The van der Waals surface area contributed by atoms with Crippen molar-refractivity contribution in [3.8, 4) is 17.2 Å². The van der Waals surface area contributed by atoms with Gasteiger partial charge < -0.3 is 0 Å². The number of hydrogen-bond acceptors (Lipinski definition) is 3. The molecule has 1 aliphatic heterocycles. The Bertz CT molecular complexity index is 1780. The van der Waals surface area contributed by atoms with Crippen molar-refractivity contribution in [3.05, 3.63) is 69.8 Å². The van der Waals surface area contributed by atoms with E-state index in [1.807, 2.05) is 21.3 Å². The van der Waals surface area contributed by atoms with Gasteiger partial charge in [-0.3, -0.25) is 0 Å². The molecule has 2 unspecified atom stereocenters. The zero-order chi connectivity index (χ0) is 42.6. The molecule has 1 aliphatic rings. The molecule has 0 spiro atoms. The molecule has 0 bridgehead atoms. The van der Waals surface area contributed by atoms with Gasteiger partial charge in [-0.1, -0.05) is 0 Å². The number of hydrogen-bond donors (Lipinski definition) is 0. The summed E-state index contributed by atoms with van der Waals surface area (Å²) in [6.07, 6.45) is 0. The van der Waals surface area contributed by atoms with Gasteiger partial charge in [-0.05, 0) is 0 Å². The second kappa shape index (κ2) is 18.3. The molecule has 1 heterocycles. The van der Waals surface area contributed by atoms with Crippen molar-refractivity contribution in [2.24, 2.45) is 0 Å². The fraction of sp³-hybridized carbons (Fsp3) is 0.600. The first-order valence-electron chi connectivity index (χ1n) is 19.4. The standard InChI is InChI=1S/C45H69O3P3Se5/c1-40(2,3)28-22-31(43(10,11)12)37(34(25-28)46-19)49-52-50(38-32(44(13,14)15)23-29(41(4,5)6)26-35(38)47-20)54-56-55-51(53-49)39-33(45(16,17)18)24-30(42(7,8)9)27-36(39)48-21/h22-27H,1-21H3. The van der Waals surface area contributed by atoms with Crippen LogP contribution in [0.2, 0.25) is 0 Å². The molecule has 0 radical (unpaired) electrons. The topological polar surface area (TPSA) is 27.7 Å². The minimum absolute atomic E-state index is 0.0162. The molecule has 0 saturated carbocycles. The molecular formula is C45H69O3P3Se5. The molecule has 3 nitrogen and oxygen atoms in total. The van der Waals surface area contributed by atoms with Crippen molar-refractivity contribution in [3.63, 3.8) is 0 Å². The molecule has 0 aromatic heterocycles. The van der Waals surface area contributed by atoms with Crippen LogP contribution in [0.4, 0.5) is 0 Å². The molecule has 0 aliphatic carbocycles. The van der Waals surface area contributed by atoms with Crippen LogP contribution in [0.5, 0.6) is 17.2 Å². The number of rotatable bonds is 6. The molecule has 1 saturated heterocycles. The van der Waals surface area contributed by atoms with E-state index in [1.54, 1.807) is 15.9 Å². The maximum absolute atomic E-state index is 6.59. The molecule has 0 N–H and O–H groups in total. The first-order chi connectivity index (χ1) is 25.4. The van der Waals surface area contributed by atoms with Crippen LogP contribution < -0.4 is 30.1 Å². The van der Waals surface area contributed by atoms with Gasteiger partial charge in [0.15, 0.2) is 0 Å². The average Bonchev–Trinajstić information content (AvgIpc) is 3.04. The van der Waals surface area contributed by atoms with Gasteiger partial charge in [-0.2, -0.15) is 0 Å². The quantitative estimate of drug-likeness (QED) is 0.182. The van der Waals surface area contributed by atoms with Gasteiger partial charge >= 0.3 is 376 Å². The second-order valence-electron chi connectivity index (χ2n) is 20.9. The summed E-state index contributed by atoms with van der Waals surface area (Å²) in [4.78, 5) is 0. The van der Waals surface area contributed by atoms with Crippen LogP contribution in [0, 0.1) is 0 Å². The first-order valence-corrected chi connectivity index (χ1v) is 45.4. The van der Waals surface area contributed by atoms with E-state index in [4.69, 9.17) is 14.2 Å². The summed E-state index contributed by atoms with van der Waals surface area (Å²) in [6, 6.07) is 15.0. The predicted molar refractivity (Wildman–Crippen MR) is 260 cm³/mol. The first kappa shape index (κ1) is 49.6. The van der Waals surface area contributed by atoms with E-state index in [2.05, 4.69) is 161 Å². The van der Waals surface area contributed by atoms with Gasteiger partial charge in [0.1, 0.15) is 0 Å². The van der Waals surface area contributed by atoms with Gasteiger partial charge in [-0.15, -0.1) is 0 Å². The van der Waals surface area contributed by atoms with Crippen LogP contribution in [-0.2, 0) is 32.5 Å². The zero-order valence-corrected chi connectivity index (χ0v) is 49.3. The number of ether oxygens (including phenoxy) is 3. The Balaban J connectivity index is 2.10. The molecule has 2 atom stereocenters. The van der Waals surface area contributed by atoms with Crippen LogP contribution in [0.25, 0.3) is 0 Å². The average molecular weight is 1150 g/mol. The Morgan fingerprint density at radius 1 is 0.357 bits per heavy atom. The van der Waals surface area contributed by atoms with Crippen molar-refractivity contribution in [2.45, 2.75) is 157 Å². The fourth-order valence-corrected chi connectivity index (χ4v) is 211. The van der Waals surface area contributed by atoms with Gasteiger partial charge in [0.25, 0.3) is 0 Å². The molecule has 0 amide bonds. The Hall–Kier alpha value is 0.947. The van der Waals surface area contributed by atoms with E-state index in [-0.39, 0.29) is 43.1 Å². The van der Waals surface area contributed by atoms with Crippen LogP contribution in [0.3, 0.4) is 0 Å². The molecule has 312 valence electrons. The third-order valence-electron chi connectivity index (χ3n) is 9.95. The maximum atomic E-state index is 6.59. The van der Waals surface area contributed by atoms with E-state index in [0.29, 0.717) is 64.8 Å². The molecule has 1 fully saturated rings. The van der Waals surface area contributed by atoms with Crippen LogP contribution >= 0.6 is 15.9 Å². The Kier molecular flexibility index (Phi) is 16.3. The van der Waals surface area contributed by atoms with E-state index in [0.717, 1.165) is 17.2 Å². The van der Waals surface area contributed by atoms with Crippen molar-refractivity contribution >= 4 is 96.6 Å². The molecule has 11 heteroatoms. The monoisotopic (exact) mass is 1150 g/mol. The van der Waals surface area contributed by atoms with E-state index < -0.39 is 5.30 Å². The molecule has 3 aromatic rings. The third kappa shape index (κ3) is 11.7. The van der Waals surface area contributed by atoms with Crippen molar-refractivity contribution in [1.29, 1.82) is 0 Å². The van der Waals surface area contributed by atoms with Crippen molar-refractivity contribution < 1.29 is 14.2 Å². The summed E-state index contributed by atoms with van der Waals surface area (Å²) >= 11 is 2.53. The molecule has 56 heavy (non-hydrogen) atoms. The van der Waals surface area contributed by atoms with Crippen molar-refractivity contribution in [1.82, 2.24) is 0 Å². The van der Waals surface area contributed by atoms with Gasteiger partial charge in [0.05, 0.1) is 0 Å². The Morgan fingerprint density at radius 2 is 0.607 bits per heavy atom. The van der Waals surface area contributed by atoms with E-state index in [9.17, 15) is 0 Å². The summed E-state index contributed by atoms with van der Waals surface area (Å²) in [5, 5.41) is 3.50. The zero-order valence-electron chi connectivity index (χ0n) is 38.1. The molecule has 4 rings (SSSR count). The van der Waals surface area contributed by atoms with Crippen molar-refractivity contribution in [2.75, 3.05) is 21.3 Å². The van der Waals surface area contributed by atoms with Crippen LogP contribution in [0.15, 0.2) is 36.4 Å². The summed E-state index contributed by atoms with van der Waals surface area (Å²) in [6.45, 7) is 42.9. The SMILES string of the molecule is COc1cc(C(C)(C)C)cc(C(C)(C)C)c1P1[Se][Se][Se]P(c2c(OC)cc(C(C)(C)C)cc2C(C)(C)C)[Se]P(c2c(OC)cc(C(C)(C)C)cc2C(C)(C)C)[Se]1. The summed E-state index contributed by atoms with van der Waals surface area (Å²) in [5.74, 6) is 3.42. The number of benzene rings is 3. The van der Waals surface area contributed by atoms with Crippen LogP contribution in [0.1, 0.15) is 158 Å². The van der Waals surface area contributed by atoms with Crippen LogP contribution in [-0.4, -0.2) is 86.2 Å². The van der Waals surface area contributed by atoms with E-state index in [1.165, 1.54) is 33.4 Å². The third-order valence-corrected chi connectivity index (χ3v) is 116. The minimum atomic E-state index is -0.500. The molecule has 3 aromatic carbocycles. The Morgan fingerprint density at radius 3 is 0.821 bits per heavy atom. The van der Waals surface area contributed by atoms with Gasteiger partial charge in [-0.25, -0.2) is 0 Å².